The highest BCUT2D eigenvalue weighted by Gasteiger charge is 2.13. The summed E-state index contributed by atoms with van der Waals surface area (Å²) in [5, 5.41) is 9.95. The summed E-state index contributed by atoms with van der Waals surface area (Å²) in [6, 6.07) is 9.46. The molecule has 0 amide bonds. The Labute approximate surface area is 133 Å². The Bertz CT molecular complexity index is 736. The van der Waals surface area contributed by atoms with Gasteiger partial charge in [-0.05, 0) is 32.4 Å². The van der Waals surface area contributed by atoms with E-state index in [-0.39, 0.29) is 10.8 Å². The highest BCUT2D eigenvalue weighted by molar-refractivity contribution is 8.00. The molecule has 1 heterocycles. The monoisotopic (exact) mass is 317 g/mol. The van der Waals surface area contributed by atoms with Crippen LogP contribution in [0.3, 0.4) is 0 Å². The van der Waals surface area contributed by atoms with Gasteiger partial charge in [0.15, 0.2) is 5.16 Å². The molecule has 0 N–H and O–H groups in total. The first-order valence-electron chi connectivity index (χ1n) is 7.31. The Morgan fingerprint density at radius 2 is 2.23 bits per heavy atom. The van der Waals surface area contributed by atoms with Crippen LogP contribution >= 0.6 is 11.8 Å². The minimum atomic E-state index is -0.258. The van der Waals surface area contributed by atoms with Crippen molar-refractivity contribution in [2.45, 2.75) is 37.2 Å². The van der Waals surface area contributed by atoms with Gasteiger partial charge in [0.1, 0.15) is 0 Å². The van der Waals surface area contributed by atoms with Crippen molar-refractivity contribution in [3.8, 4) is 6.07 Å². The van der Waals surface area contributed by atoms with Crippen LogP contribution in [0.15, 0.2) is 34.2 Å². The molecule has 116 valence electrons. The van der Waals surface area contributed by atoms with E-state index in [9.17, 15) is 4.79 Å². The molecular formula is C16H19N3O2S. The average Bonchev–Trinajstić information content (AvgIpc) is 2.53. The number of rotatable bonds is 7. The number of nitrogens with zero attached hydrogens (tertiary/aromatic N) is 3. The zero-order chi connectivity index (χ0) is 15.9. The summed E-state index contributed by atoms with van der Waals surface area (Å²) in [7, 11) is 0. The van der Waals surface area contributed by atoms with Crippen molar-refractivity contribution in [1.29, 1.82) is 5.26 Å². The molecule has 22 heavy (non-hydrogen) atoms. The number of para-hydroxylation sites is 1. The Balaban J connectivity index is 2.40. The van der Waals surface area contributed by atoms with Gasteiger partial charge in [-0.2, -0.15) is 5.26 Å². The van der Waals surface area contributed by atoms with Crippen LogP contribution in [-0.4, -0.2) is 28.0 Å². The summed E-state index contributed by atoms with van der Waals surface area (Å²) in [4.78, 5) is 17.2. The Kier molecular flexibility index (Phi) is 5.99. The molecule has 0 bridgehead atoms. The maximum atomic E-state index is 12.7. The third kappa shape index (κ3) is 3.87. The maximum absolute atomic E-state index is 12.7. The van der Waals surface area contributed by atoms with Crippen LogP contribution in [0.1, 0.15) is 20.3 Å². The van der Waals surface area contributed by atoms with Crippen molar-refractivity contribution in [2.75, 3.05) is 13.2 Å². The number of benzene rings is 1. The molecule has 0 saturated carbocycles. The topological polar surface area (TPSA) is 67.9 Å². The molecular weight excluding hydrogens is 298 g/mol. The SMILES string of the molecule is CCOCCCn1c(S[C@@H](C)C#N)nc2ccccc2c1=O. The largest absolute Gasteiger partial charge is 0.382 e. The zero-order valence-corrected chi connectivity index (χ0v) is 13.6. The first-order chi connectivity index (χ1) is 10.7. The van der Waals surface area contributed by atoms with Crippen LogP contribution in [-0.2, 0) is 11.3 Å². The van der Waals surface area contributed by atoms with E-state index in [2.05, 4.69) is 11.1 Å². The predicted octanol–water partition coefficient (Wildman–Crippen LogP) is 2.83. The van der Waals surface area contributed by atoms with Crippen molar-refractivity contribution in [3.05, 3.63) is 34.6 Å². The van der Waals surface area contributed by atoms with E-state index in [1.165, 1.54) is 11.8 Å². The van der Waals surface area contributed by atoms with E-state index in [0.29, 0.717) is 35.8 Å². The number of hydrogen-bond donors (Lipinski definition) is 0. The van der Waals surface area contributed by atoms with Crippen LogP contribution in [0, 0.1) is 11.3 Å². The van der Waals surface area contributed by atoms with Crippen molar-refractivity contribution in [2.24, 2.45) is 0 Å². The zero-order valence-electron chi connectivity index (χ0n) is 12.8. The standard InChI is InChI=1S/C16H19N3O2S/c1-3-21-10-6-9-19-15(20)13-7-4-5-8-14(13)18-16(19)22-12(2)11-17/h4-5,7-8,12H,3,6,9-10H2,1-2H3/t12-/m0/s1. The van der Waals surface area contributed by atoms with Gasteiger partial charge >= 0.3 is 0 Å². The predicted molar refractivity (Wildman–Crippen MR) is 88.0 cm³/mol. The lowest BCUT2D eigenvalue weighted by Gasteiger charge is -2.13. The first-order valence-corrected chi connectivity index (χ1v) is 8.19. The Morgan fingerprint density at radius 3 is 2.95 bits per heavy atom. The minimum absolute atomic E-state index is 0.0604. The summed E-state index contributed by atoms with van der Waals surface area (Å²) in [6.45, 7) is 5.55. The van der Waals surface area contributed by atoms with Gasteiger partial charge in [0, 0.05) is 19.8 Å². The maximum Gasteiger partial charge on any atom is 0.262 e. The molecule has 0 aliphatic carbocycles. The molecule has 2 rings (SSSR count). The summed E-state index contributed by atoms with van der Waals surface area (Å²) in [5.74, 6) is 0. The van der Waals surface area contributed by atoms with Crippen molar-refractivity contribution < 1.29 is 4.74 Å². The second kappa shape index (κ2) is 7.97. The minimum Gasteiger partial charge on any atom is -0.382 e. The summed E-state index contributed by atoms with van der Waals surface area (Å²) in [6.07, 6.45) is 0.738. The summed E-state index contributed by atoms with van der Waals surface area (Å²) >= 11 is 1.31. The lowest BCUT2D eigenvalue weighted by molar-refractivity contribution is 0.140. The van der Waals surface area contributed by atoms with E-state index in [0.717, 1.165) is 6.42 Å². The highest BCUT2D eigenvalue weighted by atomic mass is 32.2. The van der Waals surface area contributed by atoms with E-state index >= 15 is 0 Å². The van der Waals surface area contributed by atoms with Gasteiger partial charge in [0.05, 0.1) is 22.2 Å². The van der Waals surface area contributed by atoms with Gasteiger partial charge in [-0.3, -0.25) is 9.36 Å². The molecule has 1 atom stereocenters. The summed E-state index contributed by atoms with van der Waals surface area (Å²) in [5.41, 5.74) is 0.607. The van der Waals surface area contributed by atoms with Crippen LogP contribution in [0.5, 0.6) is 0 Å². The van der Waals surface area contributed by atoms with E-state index in [4.69, 9.17) is 10.00 Å². The van der Waals surface area contributed by atoms with Gasteiger partial charge in [-0.15, -0.1) is 0 Å². The second-order valence-electron chi connectivity index (χ2n) is 4.81. The molecule has 0 aliphatic rings. The average molecular weight is 317 g/mol. The number of aromatic nitrogens is 2. The molecule has 2 aromatic rings. The quantitative estimate of drug-likeness (QED) is 0.446. The van der Waals surface area contributed by atoms with E-state index in [1.807, 2.05) is 25.1 Å². The molecule has 0 fully saturated rings. The van der Waals surface area contributed by atoms with Crippen LogP contribution in [0.2, 0.25) is 0 Å². The number of nitriles is 1. The first kappa shape index (κ1) is 16.5. The lowest BCUT2D eigenvalue weighted by atomic mass is 10.2. The number of thioether (sulfide) groups is 1. The van der Waals surface area contributed by atoms with Crippen molar-refractivity contribution in [1.82, 2.24) is 9.55 Å². The van der Waals surface area contributed by atoms with E-state index < -0.39 is 0 Å². The molecule has 0 unspecified atom stereocenters. The fourth-order valence-electron chi connectivity index (χ4n) is 2.09. The van der Waals surface area contributed by atoms with Gasteiger partial charge in [-0.25, -0.2) is 4.98 Å². The molecule has 1 aromatic carbocycles. The van der Waals surface area contributed by atoms with Crippen LogP contribution < -0.4 is 5.56 Å². The Morgan fingerprint density at radius 1 is 1.45 bits per heavy atom. The third-order valence-electron chi connectivity index (χ3n) is 3.17. The van der Waals surface area contributed by atoms with Crippen LogP contribution in [0.25, 0.3) is 10.9 Å². The Hall–Kier alpha value is -1.84. The second-order valence-corrected chi connectivity index (χ2v) is 6.12. The van der Waals surface area contributed by atoms with Gasteiger partial charge in [0.25, 0.3) is 5.56 Å². The lowest BCUT2D eigenvalue weighted by Crippen LogP contribution is -2.24. The van der Waals surface area contributed by atoms with Gasteiger partial charge in [0.2, 0.25) is 0 Å². The molecule has 0 radical (unpaired) electrons. The summed E-state index contributed by atoms with van der Waals surface area (Å²) < 4.78 is 6.98. The fraction of sp³-hybridized carbons (Fsp3) is 0.438. The van der Waals surface area contributed by atoms with Gasteiger partial charge < -0.3 is 4.74 Å². The molecule has 0 spiro atoms. The van der Waals surface area contributed by atoms with Gasteiger partial charge in [-0.1, -0.05) is 23.9 Å². The van der Waals surface area contributed by atoms with E-state index in [1.54, 1.807) is 17.6 Å². The number of ether oxygens (including phenoxy) is 1. The number of fused-ring (bicyclic) bond motifs is 1. The molecule has 0 aliphatic heterocycles. The smallest absolute Gasteiger partial charge is 0.262 e. The molecule has 0 saturated heterocycles. The molecule has 5 nitrogen and oxygen atoms in total. The highest BCUT2D eigenvalue weighted by Crippen LogP contribution is 2.22. The normalized spacial score (nSPS) is 12.2. The van der Waals surface area contributed by atoms with Crippen LogP contribution in [0.4, 0.5) is 0 Å². The third-order valence-corrected chi connectivity index (χ3v) is 4.15. The van der Waals surface area contributed by atoms with Crippen molar-refractivity contribution >= 4 is 22.7 Å². The fourth-order valence-corrected chi connectivity index (χ4v) is 2.91. The molecule has 6 heteroatoms. The van der Waals surface area contributed by atoms with Crippen molar-refractivity contribution in [3.63, 3.8) is 0 Å². The molecule has 1 aromatic heterocycles. The number of hydrogen-bond acceptors (Lipinski definition) is 5.